The fourth-order valence-electron chi connectivity index (χ4n) is 10.8. The molecule has 2 bridgehead atoms. The first-order valence-corrected chi connectivity index (χ1v) is 22.6. The molecule has 9 atom stereocenters. The highest BCUT2D eigenvalue weighted by atomic mass is 35.5. The molecule has 306 valence electrons. The van der Waals surface area contributed by atoms with Crippen molar-refractivity contribution in [3.05, 3.63) is 88.1 Å². The summed E-state index contributed by atoms with van der Waals surface area (Å²) >= 11 is 6.54. The van der Waals surface area contributed by atoms with E-state index in [4.69, 9.17) is 25.8 Å². The van der Waals surface area contributed by atoms with Gasteiger partial charge in [0, 0.05) is 55.1 Å². The van der Waals surface area contributed by atoms with E-state index in [9.17, 15) is 9.59 Å². The number of hydrogen-bond donors (Lipinski definition) is 1. The maximum atomic E-state index is 15.1. The van der Waals surface area contributed by atoms with E-state index in [-0.39, 0.29) is 52.8 Å². The lowest BCUT2D eigenvalue weighted by Gasteiger charge is -2.47. The number of amides is 2. The maximum Gasteiger partial charge on any atom is 0.286 e. The molecule has 11 nitrogen and oxygen atoms in total. The van der Waals surface area contributed by atoms with Crippen molar-refractivity contribution in [3.8, 4) is 5.88 Å². The zero-order valence-electron chi connectivity index (χ0n) is 33.6. The minimum absolute atomic E-state index is 0.0279. The van der Waals surface area contributed by atoms with Crippen molar-refractivity contribution in [1.29, 1.82) is 0 Å². The molecule has 1 spiro atoms. The van der Waals surface area contributed by atoms with Crippen LogP contribution in [-0.4, -0.2) is 77.2 Å². The Morgan fingerprint density at radius 3 is 2.72 bits per heavy atom. The number of nitrogens with one attached hydrogen (secondary N) is 1. The minimum atomic E-state index is -3.70. The number of aryl methyl sites for hydroxylation is 3. The Kier molecular flexibility index (Phi) is 11.4. The van der Waals surface area contributed by atoms with Crippen molar-refractivity contribution >= 4 is 39.0 Å². The molecule has 1 unspecified atom stereocenters. The number of halogens is 1. The fraction of sp³-hybridized carbons (Fsp3) is 0.568. The van der Waals surface area contributed by atoms with Crippen molar-refractivity contribution in [3.63, 3.8) is 0 Å². The number of aromatic nitrogens is 2. The second-order valence-corrected chi connectivity index (χ2v) is 19.7. The van der Waals surface area contributed by atoms with Crippen LogP contribution in [0.5, 0.6) is 5.88 Å². The molecule has 3 aliphatic heterocycles. The van der Waals surface area contributed by atoms with Crippen molar-refractivity contribution < 1.29 is 28.0 Å². The smallest absolute Gasteiger partial charge is 0.286 e. The number of fused-ring (bicyclic) bond motifs is 5. The molecule has 3 aromatic rings. The lowest BCUT2D eigenvalue weighted by atomic mass is 9.66. The molecular weight excluding hydrogens is 762 g/mol. The van der Waals surface area contributed by atoms with Gasteiger partial charge in [0.25, 0.3) is 11.8 Å². The molecule has 1 aromatic heterocycles. The number of methoxy groups -OCH3 is 2. The van der Waals surface area contributed by atoms with Gasteiger partial charge in [0.15, 0.2) is 0 Å². The maximum absolute atomic E-state index is 15.1. The number of hydrogen-bond acceptors (Lipinski definition) is 8. The number of benzene rings is 2. The lowest BCUT2D eigenvalue weighted by molar-refractivity contribution is -0.0440. The third-order valence-electron chi connectivity index (χ3n) is 13.6. The molecule has 57 heavy (non-hydrogen) atoms. The van der Waals surface area contributed by atoms with E-state index in [1.165, 1.54) is 34.7 Å². The molecule has 4 heterocycles. The van der Waals surface area contributed by atoms with E-state index < -0.39 is 21.7 Å². The number of carbonyl (C=O) groups excluding carboxylic acids is 2. The monoisotopic (exact) mass is 817 g/mol. The molecule has 1 saturated carbocycles. The summed E-state index contributed by atoms with van der Waals surface area (Å²) in [5.41, 5.74) is 5.32. The number of ether oxygens (including phenoxy) is 3. The number of anilines is 1. The topological polar surface area (TPSA) is 124 Å². The predicted octanol–water partition coefficient (Wildman–Crippen LogP) is 7.49. The zero-order chi connectivity index (χ0) is 40.1. The molecule has 1 saturated heterocycles. The SMILES string of the molecule is C=CC[C@H]1C[C@@H]2C[C@H](OC)[C@@H]3CC[C@H]3CN3C[C@@]4(CCCc5cc(Cl)ccc54)CCc4ccc(cc43)C(=O)N=S(=O)(NC(=O)c3cn(C)nc3OC)C[C@@H](C)[C@H]2O1. The average molecular weight is 818 g/mol. The Balaban J connectivity index is 1.23. The van der Waals surface area contributed by atoms with Crippen LogP contribution in [0.25, 0.3) is 0 Å². The van der Waals surface area contributed by atoms with E-state index in [0.29, 0.717) is 23.8 Å². The molecule has 2 aliphatic carbocycles. The average Bonchev–Trinajstić information content (AvgIpc) is 3.72. The molecule has 2 fully saturated rings. The second kappa shape index (κ2) is 16.2. The first-order chi connectivity index (χ1) is 27.4. The van der Waals surface area contributed by atoms with Gasteiger partial charge in [-0.15, -0.1) is 16.0 Å². The van der Waals surface area contributed by atoms with Crippen molar-refractivity contribution in [2.45, 2.75) is 94.9 Å². The van der Waals surface area contributed by atoms with Gasteiger partial charge in [0.2, 0.25) is 5.88 Å². The van der Waals surface area contributed by atoms with Gasteiger partial charge in [-0.3, -0.25) is 19.0 Å². The molecule has 2 amide bonds. The highest BCUT2D eigenvalue weighted by molar-refractivity contribution is 7.92. The molecule has 0 radical (unpaired) electrons. The van der Waals surface area contributed by atoms with Crippen LogP contribution in [0.3, 0.4) is 0 Å². The van der Waals surface area contributed by atoms with Gasteiger partial charge in [-0.25, -0.2) is 4.21 Å². The molecule has 8 rings (SSSR count). The van der Waals surface area contributed by atoms with Crippen LogP contribution in [0.1, 0.15) is 95.7 Å². The number of rotatable bonds is 6. The van der Waals surface area contributed by atoms with E-state index in [1.54, 1.807) is 13.1 Å². The Hall–Kier alpha value is -3.71. The first-order valence-electron chi connectivity index (χ1n) is 20.6. The van der Waals surface area contributed by atoms with Gasteiger partial charge in [-0.05, 0) is 129 Å². The summed E-state index contributed by atoms with van der Waals surface area (Å²) in [4.78, 5) is 30.8. The summed E-state index contributed by atoms with van der Waals surface area (Å²) in [6, 6.07) is 12.2. The Bertz CT molecular complexity index is 2170. The van der Waals surface area contributed by atoms with Gasteiger partial charge in [-0.2, -0.15) is 0 Å². The predicted molar refractivity (Wildman–Crippen MR) is 222 cm³/mol. The third kappa shape index (κ3) is 7.91. The molecule has 5 aliphatic rings. The summed E-state index contributed by atoms with van der Waals surface area (Å²) in [5.74, 6) is -0.723. The van der Waals surface area contributed by atoms with E-state index in [0.717, 1.165) is 81.6 Å². The second-order valence-electron chi connectivity index (χ2n) is 17.3. The Labute approximate surface area is 342 Å². The standard InChI is InChI=1S/C44H56ClN5O6S/c1-6-8-34-20-32-22-39(54-4)35-14-12-31(35)23-50-26-44(17-7-9-29-19-33(45)13-15-37(29)44)18-16-28-10-11-30(21-38(28)50)41(51)47-57(53,25-27(2)40(32)56-34)48-42(52)36-24-49(3)46-43(36)55-5/h6,10-11,13,15,19,21,24,27,31-32,34-35,39-40H,1,7-9,12,14,16-18,20,22-23,25-26H2,2-5H3,(H,47,48,51,52,53)/t27-,31+,32-,34+,35-,39+,40-,44-,57?/m1/s1. The summed E-state index contributed by atoms with van der Waals surface area (Å²) in [6.45, 7) is 7.62. The number of nitrogens with zero attached hydrogens (tertiary/aromatic N) is 4. The van der Waals surface area contributed by atoms with Crippen LogP contribution < -0.4 is 14.4 Å². The number of carbonyl (C=O) groups is 2. The quantitative estimate of drug-likeness (QED) is 0.254. The highest BCUT2D eigenvalue weighted by Crippen LogP contribution is 2.49. The Morgan fingerprint density at radius 1 is 1.12 bits per heavy atom. The van der Waals surface area contributed by atoms with Crippen LogP contribution in [0.2, 0.25) is 5.02 Å². The minimum Gasteiger partial charge on any atom is -0.479 e. The molecule has 2 aromatic carbocycles. The van der Waals surface area contributed by atoms with Gasteiger partial charge in [0.05, 0.1) is 31.2 Å². The van der Waals surface area contributed by atoms with Gasteiger partial charge < -0.3 is 19.1 Å². The normalized spacial score (nSPS) is 32.5. The van der Waals surface area contributed by atoms with E-state index >= 15 is 4.21 Å². The Morgan fingerprint density at radius 2 is 1.96 bits per heavy atom. The first kappa shape index (κ1) is 40.1. The van der Waals surface area contributed by atoms with E-state index in [1.807, 2.05) is 32.2 Å². The van der Waals surface area contributed by atoms with Crippen LogP contribution in [-0.2, 0) is 44.7 Å². The summed E-state index contributed by atoms with van der Waals surface area (Å²) in [5, 5.41) is 4.98. The molecule has 13 heteroatoms. The van der Waals surface area contributed by atoms with Gasteiger partial charge in [0.1, 0.15) is 15.5 Å². The van der Waals surface area contributed by atoms with Crippen LogP contribution in [0, 0.1) is 23.7 Å². The largest absolute Gasteiger partial charge is 0.479 e. The van der Waals surface area contributed by atoms with Crippen molar-refractivity contribution in [2.24, 2.45) is 35.1 Å². The zero-order valence-corrected chi connectivity index (χ0v) is 35.2. The van der Waals surface area contributed by atoms with Crippen molar-refractivity contribution in [2.75, 3.05) is 38.0 Å². The van der Waals surface area contributed by atoms with Gasteiger partial charge in [-0.1, -0.05) is 36.7 Å². The summed E-state index contributed by atoms with van der Waals surface area (Å²) in [6.07, 6.45) is 12.7. The fourth-order valence-corrected chi connectivity index (χ4v) is 12.9. The highest BCUT2D eigenvalue weighted by Gasteiger charge is 2.47. The van der Waals surface area contributed by atoms with Crippen molar-refractivity contribution in [1.82, 2.24) is 14.5 Å². The lowest BCUT2D eigenvalue weighted by Crippen LogP contribution is -2.49. The molecule has 1 N–H and O–H groups in total. The van der Waals surface area contributed by atoms with Gasteiger partial charge >= 0.3 is 0 Å². The molecular formula is C44H56ClN5O6S. The van der Waals surface area contributed by atoms with E-state index in [2.05, 4.69) is 43.9 Å². The summed E-state index contributed by atoms with van der Waals surface area (Å²) < 4.78 is 42.2. The van der Waals surface area contributed by atoms with Crippen LogP contribution in [0.4, 0.5) is 5.69 Å². The summed E-state index contributed by atoms with van der Waals surface area (Å²) in [7, 11) is 1.23. The van der Waals surface area contributed by atoms with Crippen LogP contribution >= 0.6 is 11.6 Å². The van der Waals surface area contributed by atoms with Crippen LogP contribution in [0.15, 0.2) is 59.6 Å². The third-order valence-corrected chi connectivity index (χ3v) is 15.8.